The molecule has 0 saturated heterocycles. The molecular formula is C14H11Br2NOS. The third-order valence-electron chi connectivity index (χ3n) is 2.51. The summed E-state index contributed by atoms with van der Waals surface area (Å²) >= 11 is 11.9. The molecule has 98 valence electrons. The summed E-state index contributed by atoms with van der Waals surface area (Å²) in [6, 6.07) is 11.5. The Bertz CT molecular complexity index is 643. The Labute approximate surface area is 134 Å². The van der Waals surface area contributed by atoms with Crippen molar-refractivity contribution >= 4 is 49.1 Å². The van der Waals surface area contributed by atoms with Gasteiger partial charge in [-0.15, -0.1) is 0 Å². The van der Waals surface area contributed by atoms with Gasteiger partial charge in [0.25, 0.3) is 0 Å². The van der Waals surface area contributed by atoms with Gasteiger partial charge >= 0.3 is 0 Å². The fourth-order valence-electron chi connectivity index (χ4n) is 1.59. The molecule has 0 radical (unpaired) electrons. The molecule has 0 aliphatic rings. The summed E-state index contributed by atoms with van der Waals surface area (Å²) in [4.78, 5) is 0.305. The summed E-state index contributed by atoms with van der Waals surface area (Å²) in [7, 11) is 0. The molecule has 2 aromatic carbocycles. The van der Waals surface area contributed by atoms with Crippen LogP contribution in [0.2, 0.25) is 0 Å². The third kappa shape index (κ3) is 3.55. The molecule has 0 amide bonds. The number of nitrogens with two attached hydrogens (primary N) is 1. The minimum atomic E-state index is 0.305. The lowest BCUT2D eigenvalue weighted by atomic mass is 10.2. The van der Waals surface area contributed by atoms with Gasteiger partial charge in [0.1, 0.15) is 16.5 Å². The first-order valence-corrected chi connectivity index (χ1v) is 7.50. The van der Waals surface area contributed by atoms with Crippen LogP contribution in [0.15, 0.2) is 45.3 Å². The first kappa shape index (κ1) is 14.5. The van der Waals surface area contributed by atoms with Gasteiger partial charge in [0.2, 0.25) is 0 Å². The van der Waals surface area contributed by atoms with Crippen molar-refractivity contribution in [3.8, 4) is 11.5 Å². The smallest absolute Gasteiger partial charge is 0.141 e. The Kier molecular flexibility index (Phi) is 4.60. The topological polar surface area (TPSA) is 35.2 Å². The first-order chi connectivity index (χ1) is 8.97. The Morgan fingerprint density at radius 1 is 1.11 bits per heavy atom. The Morgan fingerprint density at radius 2 is 1.79 bits per heavy atom. The van der Waals surface area contributed by atoms with E-state index in [4.69, 9.17) is 22.7 Å². The van der Waals surface area contributed by atoms with E-state index in [0.29, 0.717) is 16.3 Å². The highest BCUT2D eigenvalue weighted by atomic mass is 79.9. The van der Waals surface area contributed by atoms with Crippen molar-refractivity contribution in [2.75, 3.05) is 0 Å². The van der Waals surface area contributed by atoms with Gasteiger partial charge in [-0.1, -0.05) is 34.2 Å². The van der Waals surface area contributed by atoms with E-state index < -0.39 is 0 Å². The molecule has 0 bridgehead atoms. The maximum absolute atomic E-state index is 5.88. The van der Waals surface area contributed by atoms with Crippen molar-refractivity contribution in [3.05, 3.63) is 56.5 Å². The van der Waals surface area contributed by atoms with Crippen LogP contribution in [0.3, 0.4) is 0 Å². The van der Waals surface area contributed by atoms with Crippen LogP contribution in [0, 0.1) is 6.92 Å². The Morgan fingerprint density at radius 3 is 2.42 bits per heavy atom. The molecule has 0 heterocycles. The van der Waals surface area contributed by atoms with E-state index in [-0.39, 0.29) is 0 Å². The number of aryl methyl sites for hydroxylation is 1. The second kappa shape index (κ2) is 6.03. The number of benzene rings is 2. The van der Waals surface area contributed by atoms with Gasteiger partial charge in [-0.2, -0.15) is 0 Å². The predicted octanol–water partition coefficient (Wildman–Crippen LogP) is 4.95. The molecule has 0 aromatic heterocycles. The zero-order valence-electron chi connectivity index (χ0n) is 10.1. The monoisotopic (exact) mass is 399 g/mol. The quantitative estimate of drug-likeness (QED) is 0.740. The Balaban J connectivity index is 2.40. The molecule has 0 spiro atoms. The lowest BCUT2D eigenvalue weighted by molar-refractivity contribution is 0.478. The van der Waals surface area contributed by atoms with E-state index in [1.807, 2.05) is 43.3 Å². The zero-order chi connectivity index (χ0) is 14.0. The van der Waals surface area contributed by atoms with E-state index in [0.717, 1.165) is 20.3 Å². The lowest BCUT2D eigenvalue weighted by Crippen LogP contribution is -2.10. The SMILES string of the molecule is Cc1ccc(Oc2ccc(Br)cc2C(N)=S)c(Br)c1. The molecule has 2 aromatic rings. The summed E-state index contributed by atoms with van der Waals surface area (Å²) in [5.74, 6) is 1.37. The van der Waals surface area contributed by atoms with Crippen LogP contribution in [-0.2, 0) is 0 Å². The van der Waals surface area contributed by atoms with Gasteiger partial charge in [-0.05, 0) is 58.7 Å². The van der Waals surface area contributed by atoms with Gasteiger partial charge in [0, 0.05) is 4.47 Å². The Hall–Kier alpha value is -0.910. The third-order valence-corrected chi connectivity index (χ3v) is 3.85. The summed E-state index contributed by atoms with van der Waals surface area (Å²) in [6.45, 7) is 2.02. The first-order valence-electron chi connectivity index (χ1n) is 5.51. The molecule has 2 nitrogen and oxygen atoms in total. The van der Waals surface area contributed by atoms with Crippen LogP contribution in [0.4, 0.5) is 0 Å². The average molecular weight is 401 g/mol. The maximum Gasteiger partial charge on any atom is 0.141 e. The molecule has 0 aliphatic carbocycles. The minimum absolute atomic E-state index is 0.305. The number of halogens is 2. The van der Waals surface area contributed by atoms with E-state index >= 15 is 0 Å². The second-order valence-electron chi connectivity index (χ2n) is 4.04. The van der Waals surface area contributed by atoms with Crippen molar-refractivity contribution in [2.24, 2.45) is 5.73 Å². The van der Waals surface area contributed by atoms with Gasteiger partial charge < -0.3 is 10.5 Å². The van der Waals surface area contributed by atoms with Gasteiger partial charge in [0.05, 0.1) is 10.0 Å². The van der Waals surface area contributed by atoms with Crippen LogP contribution in [-0.4, -0.2) is 4.99 Å². The van der Waals surface area contributed by atoms with E-state index in [2.05, 4.69) is 31.9 Å². The summed E-state index contributed by atoms with van der Waals surface area (Å²) in [5, 5.41) is 0. The van der Waals surface area contributed by atoms with Gasteiger partial charge in [-0.25, -0.2) is 0 Å². The predicted molar refractivity (Wildman–Crippen MR) is 89.0 cm³/mol. The van der Waals surface area contributed by atoms with Crippen molar-refractivity contribution in [3.63, 3.8) is 0 Å². The van der Waals surface area contributed by atoms with Crippen molar-refractivity contribution < 1.29 is 4.74 Å². The fourth-order valence-corrected chi connectivity index (χ4v) is 2.69. The van der Waals surface area contributed by atoms with Crippen LogP contribution in [0.5, 0.6) is 11.5 Å². The standard InChI is InChI=1S/C14H11Br2NOS/c1-8-2-4-13(11(16)6-8)18-12-5-3-9(15)7-10(12)14(17)19/h2-7H,1H3,(H2,17,19). The van der Waals surface area contributed by atoms with Crippen molar-refractivity contribution in [1.82, 2.24) is 0 Å². The van der Waals surface area contributed by atoms with Crippen molar-refractivity contribution in [2.45, 2.75) is 6.92 Å². The normalized spacial score (nSPS) is 10.3. The molecule has 19 heavy (non-hydrogen) atoms. The second-order valence-corrected chi connectivity index (χ2v) is 6.25. The average Bonchev–Trinajstić information content (AvgIpc) is 2.34. The summed E-state index contributed by atoms with van der Waals surface area (Å²) in [5.41, 5.74) is 7.58. The number of hydrogen-bond donors (Lipinski definition) is 1. The molecule has 0 unspecified atom stereocenters. The van der Waals surface area contributed by atoms with Crippen LogP contribution in [0.1, 0.15) is 11.1 Å². The molecule has 0 atom stereocenters. The van der Waals surface area contributed by atoms with Crippen LogP contribution >= 0.6 is 44.1 Å². The maximum atomic E-state index is 5.88. The molecule has 2 rings (SSSR count). The fraction of sp³-hybridized carbons (Fsp3) is 0.0714. The summed E-state index contributed by atoms with van der Waals surface area (Å²) in [6.07, 6.45) is 0. The van der Waals surface area contributed by atoms with E-state index in [1.165, 1.54) is 0 Å². The molecule has 0 aliphatic heterocycles. The highest BCUT2D eigenvalue weighted by molar-refractivity contribution is 9.10. The molecule has 5 heteroatoms. The van der Waals surface area contributed by atoms with E-state index in [1.54, 1.807) is 0 Å². The lowest BCUT2D eigenvalue weighted by Gasteiger charge is -2.12. The number of hydrogen-bond acceptors (Lipinski definition) is 2. The van der Waals surface area contributed by atoms with Crippen LogP contribution in [0.25, 0.3) is 0 Å². The number of rotatable bonds is 3. The highest BCUT2D eigenvalue weighted by Gasteiger charge is 2.10. The van der Waals surface area contributed by atoms with Gasteiger partial charge in [0.15, 0.2) is 0 Å². The van der Waals surface area contributed by atoms with Crippen LogP contribution < -0.4 is 10.5 Å². The van der Waals surface area contributed by atoms with Gasteiger partial charge in [-0.3, -0.25) is 0 Å². The largest absolute Gasteiger partial charge is 0.455 e. The molecular weight excluding hydrogens is 390 g/mol. The number of ether oxygens (including phenoxy) is 1. The summed E-state index contributed by atoms with van der Waals surface area (Å²) < 4.78 is 7.68. The van der Waals surface area contributed by atoms with E-state index in [9.17, 15) is 0 Å². The zero-order valence-corrected chi connectivity index (χ0v) is 14.1. The molecule has 0 saturated carbocycles. The minimum Gasteiger partial charge on any atom is -0.455 e. The molecule has 2 N–H and O–H groups in total. The highest BCUT2D eigenvalue weighted by Crippen LogP contribution is 2.33. The van der Waals surface area contributed by atoms with Crippen molar-refractivity contribution in [1.29, 1.82) is 0 Å². The number of thiocarbonyl (C=S) groups is 1. The molecule has 0 fully saturated rings.